The van der Waals surface area contributed by atoms with E-state index in [9.17, 15) is 23.3 Å². The van der Waals surface area contributed by atoms with Crippen LogP contribution in [0, 0.1) is 10.1 Å². The van der Waals surface area contributed by atoms with Gasteiger partial charge in [0.15, 0.2) is 9.84 Å². The lowest BCUT2D eigenvalue weighted by Crippen LogP contribution is -2.38. The predicted molar refractivity (Wildman–Crippen MR) is 127 cm³/mol. The number of carbonyl (C=O) groups is 1. The van der Waals surface area contributed by atoms with Crippen molar-refractivity contribution in [3.63, 3.8) is 0 Å². The smallest absolute Gasteiger partial charge is 0.288 e. The number of hydrogen-bond donors (Lipinski definition) is 0. The molecule has 1 aliphatic heterocycles. The minimum Gasteiger partial charge on any atom is -0.339 e. The molecule has 1 fully saturated rings. The zero-order chi connectivity index (χ0) is 23.8. The molecule has 1 aliphatic rings. The van der Waals surface area contributed by atoms with Gasteiger partial charge in [0.05, 0.1) is 26.1 Å². The van der Waals surface area contributed by atoms with Gasteiger partial charge >= 0.3 is 0 Å². The van der Waals surface area contributed by atoms with Crippen LogP contribution in [-0.4, -0.2) is 48.5 Å². The Morgan fingerprint density at radius 1 is 1.21 bits per heavy atom. The van der Waals surface area contributed by atoms with Gasteiger partial charge in [0.25, 0.3) is 11.6 Å². The highest BCUT2D eigenvalue weighted by Gasteiger charge is 2.29. The van der Waals surface area contributed by atoms with Crippen LogP contribution in [0.4, 0.5) is 5.69 Å². The van der Waals surface area contributed by atoms with E-state index in [1.54, 1.807) is 29.2 Å². The number of nitro groups is 1. The molecule has 0 radical (unpaired) electrons. The van der Waals surface area contributed by atoms with Gasteiger partial charge in [0.1, 0.15) is 5.02 Å². The topological polar surface area (TPSA) is 110 Å². The van der Waals surface area contributed by atoms with E-state index < -0.39 is 14.8 Å². The van der Waals surface area contributed by atoms with E-state index in [1.807, 2.05) is 5.38 Å². The summed E-state index contributed by atoms with van der Waals surface area (Å²) >= 11 is 7.38. The van der Waals surface area contributed by atoms with Crippen molar-refractivity contribution in [3.05, 3.63) is 73.6 Å². The number of aromatic nitrogens is 1. The third-order valence-electron chi connectivity index (χ3n) is 5.61. The lowest BCUT2D eigenvalue weighted by Gasteiger charge is -2.31. The average Bonchev–Trinajstić information content (AvgIpc) is 3.28. The molecule has 2 heterocycles. The average molecular weight is 506 g/mol. The Bertz CT molecular complexity index is 1330. The number of nitrogens with zero attached hydrogens (tertiary/aromatic N) is 3. The molecule has 8 nitrogen and oxygen atoms in total. The number of halogens is 1. The number of amides is 1. The maximum atomic E-state index is 13.0. The van der Waals surface area contributed by atoms with Gasteiger partial charge in [-0.1, -0.05) is 29.8 Å². The Hall–Kier alpha value is -2.82. The largest absolute Gasteiger partial charge is 0.339 e. The molecular formula is C22H20ClN3O5S2. The molecule has 33 heavy (non-hydrogen) atoms. The van der Waals surface area contributed by atoms with E-state index >= 15 is 0 Å². The molecular weight excluding hydrogens is 486 g/mol. The predicted octanol–water partition coefficient (Wildman–Crippen LogP) is 4.80. The van der Waals surface area contributed by atoms with Crippen molar-refractivity contribution in [1.29, 1.82) is 0 Å². The molecule has 3 aromatic rings. The van der Waals surface area contributed by atoms with Gasteiger partial charge in [-0.15, -0.1) is 11.3 Å². The van der Waals surface area contributed by atoms with Crippen molar-refractivity contribution in [2.24, 2.45) is 0 Å². The molecule has 0 N–H and O–H groups in total. The SMILES string of the molecule is CS(=O)(=O)c1ccccc1C(=O)N1CCC(c2nc(-c3ccc(Cl)c([N+](=O)[O-])c3)cs2)CC1. The van der Waals surface area contributed by atoms with Crippen LogP contribution in [0.1, 0.15) is 34.1 Å². The molecule has 0 saturated carbocycles. The van der Waals surface area contributed by atoms with Crippen molar-refractivity contribution in [1.82, 2.24) is 9.88 Å². The fraction of sp³-hybridized carbons (Fsp3) is 0.273. The number of sulfone groups is 1. The summed E-state index contributed by atoms with van der Waals surface area (Å²) in [5.74, 6) is -0.136. The maximum Gasteiger partial charge on any atom is 0.288 e. The van der Waals surface area contributed by atoms with E-state index in [0.717, 1.165) is 11.3 Å². The molecule has 0 aliphatic carbocycles. The highest BCUT2D eigenvalue weighted by Crippen LogP contribution is 2.35. The Balaban J connectivity index is 1.47. The zero-order valence-corrected chi connectivity index (χ0v) is 20.0. The third-order valence-corrected chi connectivity index (χ3v) is 8.09. The third kappa shape index (κ3) is 4.92. The van der Waals surface area contributed by atoms with Crippen LogP contribution in [0.2, 0.25) is 5.02 Å². The molecule has 1 aromatic heterocycles. The summed E-state index contributed by atoms with van der Waals surface area (Å²) in [7, 11) is -3.51. The zero-order valence-electron chi connectivity index (χ0n) is 17.6. The summed E-state index contributed by atoms with van der Waals surface area (Å²) in [6.07, 6.45) is 2.49. The fourth-order valence-electron chi connectivity index (χ4n) is 3.89. The van der Waals surface area contributed by atoms with Crippen LogP contribution >= 0.6 is 22.9 Å². The molecule has 1 amide bonds. The van der Waals surface area contributed by atoms with Gasteiger partial charge in [-0.3, -0.25) is 14.9 Å². The Morgan fingerprint density at radius 3 is 2.58 bits per heavy atom. The second-order valence-corrected chi connectivity index (χ2v) is 11.1. The van der Waals surface area contributed by atoms with Crippen LogP contribution in [-0.2, 0) is 9.84 Å². The summed E-state index contributed by atoms with van der Waals surface area (Å²) in [6.45, 7) is 0.978. The molecule has 0 spiro atoms. The minimum atomic E-state index is -3.51. The number of hydrogen-bond acceptors (Lipinski definition) is 7. The Labute approximate surface area is 199 Å². The number of benzene rings is 2. The number of likely N-dealkylation sites (tertiary alicyclic amines) is 1. The first-order valence-electron chi connectivity index (χ1n) is 10.1. The van der Waals surface area contributed by atoms with Crippen molar-refractivity contribution < 1.29 is 18.1 Å². The molecule has 0 unspecified atom stereocenters. The Morgan fingerprint density at radius 2 is 1.91 bits per heavy atom. The quantitative estimate of drug-likeness (QED) is 0.364. The number of carbonyl (C=O) groups excluding carboxylic acids is 1. The van der Waals surface area contributed by atoms with Crippen LogP contribution in [0.3, 0.4) is 0 Å². The number of thiazole rings is 1. The second kappa shape index (κ2) is 9.20. The summed E-state index contributed by atoms with van der Waals surface area (Å²) in [5, 5.41) is 14.0. The van der Waals surface area contributed by atoms with Crippen molar-refractivity contribution in [2.75, 3.05) is 19.3 Å². The maximum absolute atomic E-state index is 13.0. The monoisotopic (exact) mass is 505 g/mol. The van der Waals surface area contributed by atoms with Gasteiger partial charge in [0.2, 0.25) is 0 Å². The minimum absolute atomic E-state index is 0.0405. The van der Waals surface area contributed by atoms with E-state index in [1.165, 1.54) is 29.5 Å². The summed E-state index contributed by atoms with van der Waals surface area (Å²) in [6, 6.07) is 10.9. The van der Waals surface area contributed by atoms with Crippen LogP contribution in [0.5, 0.6) is 0 Å². The highest BCUT2D eigenvalue weighted by molar-refractivity contribution is 7.90. The number of piperidine rings is 1. The molecule has 1 saturated heterocycles. The first kappa shape index (κ1) is 23.3. The molecule has 11 heteroatoms. The van der Waals surface area contributed by atoms with E-state index in [2.05, 4.69) is 4.98 Å². The van der Waals surface area contributed by atoms with Crippen molar-refractivity contribution in [2.45, 2.75) is 23.7 Å². The molecule has 2 aromatic carbocycles. The lowest BCUT2D eigenvalue weighted by molar-refractivity contribution is -0.384. The summed E-state index contributed by atoms with van der Waals surface area (Å²) in [4.78, 5) is 30.0. The second-order valence-electron chi connectivity index (χ2n) is 7.83. The first-order chi connectivity index (χ1) is 15.6. The molecule has 4 rings (SSSR count). The first-order valence-corrected chi connectivity index (χ1v) is 13.3. The highest BCUT2D eigenvalue weighted by atomic mass is 35.5. The standard InChI is InChI=1S/C22H20ClN3O5S2/c1-33(30,31)20-5-3-2-4-16(20)22(27)25-10-8-14(9-11-25)21-24-18(13-32-21)15-6-7-17(23)19(12-15)26(28)29/h2-7,12-14H,8-11H2,1H3. The lowest BCUT2D eigenvalue weighted by atomic mass is 9.97. The number of rotatable bonds is 5. The van der Waals surface area contributed by atoms with Gasteiger partial charge in [-0.25, -0.2) is 13.4 Å². The summed E-state index contributed by atoms with van der Waals surface area (Å²) < 4.78 is 24.1. The van der Waals surface area contributed by atoms with Gasteiger partial charge < -0.3 is 4.90 Å². The van der Waals surface area contributed by atoms with Crippen LogP contribution in [0.25, 0.3) is 11.3 Å². The molecule has 172 valence electrons. The van der Waals surface area contributed by atoms with Gasteiger partial charge in [-0.2, -0.15) is 0 Å². The van der Waals surface area contributed by atoms with Crippen LogP contribution in [0.15, 0.2) is 52.7 Å². The summed E-state index contributed by atoms with van der Waals surface area (Å²) in [5.41, 5.74) is 1.30. The van der Waals surface area contributed by atoms with E-state index in [0.29, 0.717) is 37.2 Å². The fourth-order valence-corrected chi connectivity index (χ4v) is 5.95. The van der Waals surface area contributed by atoms with Crippen molar-refractivity contribution >= 4 is 44.4 Å². The van der Waals surface area contributed by atoms with E-state index in [4.69, 9.17) is 11.6 Å². The van der Waals surface area contributed by atoms with Crippen molar-refractivity contribution in [3.8, 4) is 11.3 Å². The molecule has 0 bridgehead atoms. The Kier molecular flexibility index (Phi) is 6.51. The van der Waals surface area contributed by atoms with Gasteiger partial charge in [-0.05, 0) is 31.0 Å². The number of nitro benzene ring substituents is 1. The molecule has 0 atom stereocenters. The van der Waals surface area contributed by atoms with Gasteiger partial charge in [0, 0.05) is 42.3 Å². The normalized spacial score (nSPS) is 14.9. The van der Waals surface area contributed by atoms with Crippen LogP contribution < -0.4 is 0 Å². The van der Waals surface area contributed by atoms with E-state index in [-0.39, 0.29) is 33.0 Å².